The fourth-order valence-electron chi connectivity index (χ4n) is 1.98. The number of anilines is 1. The van der Waals surface area contributed by atoms with Crippen LogP contribution in [0.15, 0.2) is 24.7 Å². The van der Waals surface area contributed by atoms with Crippen LogP contribution in [0.4, 0.5) is 5.95 Å². The maximum atomic E-state index is 8.76. The van der Waals surface area contributed by atoms with Crippen LogP contribution in [0, 0.1) is 11.3 Å². The van der Waals surface area contributed by atoms with Crippen LogP contribution in [0.2, 0.25) is 0 Å². The molecule has 19 heavy (non-hydrogen) atoms. The second kappa shape index (κ2) is 4.57. The summed E-state index contributed by atoms with van der Waals surface area (Å²) in [5, 5.41) is 12.9. The number of ether oxygens (including phenoxy) is 1. The number of aromatic nitrogens is 4. The van der Waals surface area contributed by atoms with Crippen molar-refractivity contribution in [2.45, 2.75) is 6.04 Å². The van der Waals surface area contributed by atoms with Gasteiger partial charge in [0.25, 0.3) is 0 Å². The molecule has 0 spiro atoms. The van der Waals surface area contributed by atoms with Gasteiger partial charge in [-0.3, -0.25) is 4.68 Å². The average molecular weight is 256 g/mol. The maximum Gasteiger partial charge on any atom is 0.228 e. The first-order chi connectivity index (χ1) is 9.30. The topological polar surface area (TPSA) is 79.9 Å². The van der Waals surface area contributed by atoms with Gasteiger partial charge < -0.3 is 9.64 Å². The van der Waals surface area contributed by atoms with E-state index >= 15 is 0 Å². The monoisotopic (exact) mass is 256 g/mol. The summed E-state index contributed by atoms with van der Waals surface area (Å²) in [6.45, 7) is 1.55. The number of methoxy groups -OCH3 is 1. The fraction of sp³-hybridized carbons (Fsp3) is 0.333. The molecule has 1 aliphatic rings. The molecule has 3 rings (SSSR count). The van der Waals surface area contributed by atoms with E-state index in [1.54, 1.807) is 31.8 Å². The molecule has 7 nitrogen and oxygen atoms in total. The Labute approximate surface area is 110 Å². The normalized spacial score (nSPS) is 14.8. The molecule has 1 aliphatic heterocycles. The van der Waals surface area contributed by atoms with Crippen LogP contribution in [0.5, 0.6) is 5.88 Å². The predicted molar refractivity (Wildman–Crippen MR) is 66.8 cm³/mol. The molecule has 2 aromatic rings. The Morgan fingerprint density at radius 2 is 2.32 bits per heavy atom. The molecule has 0 amide bonds. The van der Waals surface area contributed by atoms with Crippen LogP contribution in [-0.4, -0.2) is 39.9 Å². The molecule has 0 unspecified atom stereocenters. The summed E-state index contributed by atoms with van der Waals surface area (Å²) < 4.78 is 6.89. The quantitative estimate of drug-likeness (QED) is 0.800. The van der Waals surface area contributed by atoms with Gasteiger partial charge in [-0.05, 0) is 0 Å². The van der Waals surface area contributed by atoms with E-state index in [-0.39, 0.29) is 6.04 Å². The van der Waals surface area contributed by atoms with E-state index in [1.165, 1.54) is 0 Å². The highest BCUT2D eigenvalue weighted by Crippen LogP contribution is 2.25. The molecular formula is C12H12N6O. The molecule has 7 heteroatoms. The maximum absolute atomic E-state index is 8.76. The van der Waals surface area contributed by atoms with Crippen LogP contribution in [0.3, 0.4) is 0 Å². The van der Waals surface area contributed by atoms with E-state index in [0.717, 1.165) is 13.1 Å². The lowest BCUT2D eigenvalue weighted by molar-refractivity contribution is 0.358. The van der Waals surface area contributed by atoms with Crippen LogP contribution in [-0.2, 0) is 0 Å². The molecule has 0 N–H and O–H groups in total. The standard InChI is InChI=1S/C12H12N6O/c1-19-11-2-3-14-12(16-11)17-7-10(8-17)18-6-9(4-13)5-15-18/h2-3,5-6,10H,7-8H2,1H3. The van der Waals surface area contributed by atoms with E-state index < -0.39 is 0 Å². The predicted octanol–water partition coefficient (Wildman–Crippen LogP) is 0.615. The van der Waals surface area contributed by atoms with Crippen molar-refractivity contribution in [3.05, 3.63) is 30.2 Å². The van der Waals surface area contributed by atoms with Crippen molar-refractivity contribution in [3.8, 4) is 11.9 Å². The largest absolute Gasteiger partial charge is 0.481 e. The van der Waals surface area contributed by atoms with Gasteiger partial charge >= 0.3 is 0 Å². The third-order valence-electron chi connectivity index (χ3n) is 3.08. The molecule has 3 heterocycles. The van der Waals surface area contributed by atoms with Crippen LogP contribution >= 0.6 is 0 Å². The molecule has 1 saturated heterocycles. The lowest BCUT2D eigenvalue weighted by atomic mass is 10.1. The molecule has 0 radical (unpaired) electrons. The molecular weight excluding hydrogens is 244 g/mol. The summed E-state index contributed by atoms with van der Waals surface area (Å²) in [6, 6.07) is 4.05. The average Bonchev–Trinajstić information content (AvgIpc) is 2.86. The highest BCUT2D eigenvalue weighted by molar-refractivity contribution is 5.36. The summed E-state index contributed by atoms with van der Waals surface area (Å²) in [7, 11) is 1.58. The summed E-state index contributed by atoms with van der Waals surface area (Å²) in [4.78, 5) is 10.5. The zero-order chi connectivity index (χ0) is 13.2. The van der Waals surface area contributed by atoms with Crippen molar-refractivity contribution in [1.29, 1.82) is 5.26 Å². The Bertz CT molecular complexity index is 625. The minimum absolute atomic E-state index is 0.261. The highest BCUT2D eigenvalue weighted by atomic mass is 16.5. The van der Waals surface area contributed by atoms with Gasteiger partial charge in [0.2, 0.25) is 11.8 Å². The highest BCUT2D eigenvalue weighted by Gasteiger charge is 2.30. The molecule has 0 bridgehead atoms. The van der Waals surface area contributed by atoms with E-state index in [4.69, 9.17) is 10.00 Å². The molecule has 0 atom stereocenters. The van der Waals surface area contributed by atoms with Gasteiger partial charge in [-0.15, -0.1) is 0 Å². The first-order valence-electron chi connectivity index (χ1n) is 5.86. The third-order valence-corrected chi connectivity index (χ3v) is 3.08. The number of nitrogens with zero attached hydrogens (tertiary/aromatic N) is 6. The summed E-state index contributed by atoms with van der Waals surface area (Å²) in [5.41, 5.74) is 0.580. The van der Waals surface area contributed by atoms with Crippen LogP contribution in [0.25, 0.3) is 0 Å². The summed E-state index contributed by atoms with van der Waals surface area (Å²) >= 11 is 0. The molecule has 1 fully saturated rings. The van der Waals surface area contributed by atoms with Crippen molar-refractivity contribution in [2.75, 3.05) is 25.1 Å². The first kappa shape index (κ1) is 11.5. The second-order valence-electron chi connectivity index (χ2n) is 4.28. The van der Waals surface area contributed by atoms with Crippen molar-refractivity contribution in [2.24, 2.45) is 0 Å². The van der Waals surface area contributed by atoms with Gasteiger partial charge in [-0.1, -0.05) is 0 Å². The molecule has 0 aliphatic carbocycles. The minimum Gasteiger partial charge on any atom is -0.481 e. The Morgan fingerprint density at radius 1 is 1.47 bits per heavy atom. The Hall–Kier alpha value is -2.62. The van der Waals surface area contributed by atoms with E-state index in [9.17, 15) is 0 Å². The second-order valence-corrected chi connectivity index (χ2v) is 4.28. The smallest absolute Gasteiger partial charge is 0.228 e. The van der Waals surface area contributed by atoms with Gasteiger partial charge in [0, 0.05) is 31.5 Å². The van der Waals surface area contributed by atoms with Gasteiger partial charge in [0.1, 0.15) is 6.07 Å². The van der Waals surface area contributed by atoms with Gasteiger partial charge in [0.05, 0.1) is 24.9 Å². The Balaban J connectivity index is 1.67. The Morgan fingerprint density at radius 3 is 3.00 bits per heavy atom. The lowest BCUT2D eigenvalue weighted by Gasteiger charge is -2.39. The van der Waals surface area contributed by atoms with E-state index in [2.05, 4.69) is 21.1 Å². The van der Waals surface area contributed by atoms with Crippen molar-refractivity contribution >= 4 is 5.95 Å². The zero-order valence-corrected chi connectivity index (χ0v) is 10.4. The lowest BCUT2D eigenvalue weighted by Crippen LogP contribution is -2.48. The van der Waals surface area contributed by atoms with E-state index in [0.29, 0.717) is 17.4 Å². The molecule has 0 saturated carbocycles. The molecule has 0 aromatic carbocycles. The number of rotatable bonds is 3. The molecule has 96 valence electrons. The molecule has 2 aromatic heterocycles. The minimum atomic E-state index is 0.261. The number of nitriles is 1. The van der Waals surface area contributed by atoms with Gasteiger partial charge in [-0.2, -0.15) is 15.3 Å². The third kappa shape index (κ3) is 2.08. The summed E-state index contributed by atoms with van der Waals surface area (Å²) in [6.07, 6.45) is 5.01. The SMILES string of the molecule is COc1ccnc(N2CC(n3cc(C#N)cn3)C2)n1. The Kier molecular flexibility index (Phi) is 2.76. The van der Waals surface area contributed by atoms with E-state index in [1.807, 2.05) is 9.58 Å². The number of hydrogen-bond donors (Lipinski definition) is 0. The van der Waals surface area contributed by atoms with Gasteiger partial charge in [-0.25, -0.2) is 4.98 Å². The van der Waals surface area contributed by atoms with Crippen molar-refractivity contribution < 1.29 is 4.74 Å². The van der Waals surface area contributed by atoms with Crippen molar-refractivity contribution in [1.82, 2.24) is 19.7 Å². The fourth-order valence-corrected chi connectivity index (χ4v) is 1.98. The van der Waals surface area contributed by atoms with Gasteiger partial charge in [0.15, 0.2) is 0 Å². The number of hydrogen-bond acceptors (Lipinski definition) is 6. The first-order valence-corrected chi connectivity index (χ1v) is 5.86. The summed E-state index contributed by atoms with van der Waals surface area (Å²) in [5.74, 6) is 1.21. The van der Waals surface area contributed by atoms with Crippen molar-refractivity contribution in [3.63, 3.8) is 0 Å². The zero-order valence-electron chi connectivity index (χ0n) is 10.4. The van der Waals surface area contributed by atoms with Crippen LogP contribution < -0.4 is 9.64 Å². The van der Waals surface area contributed by atoms with Crippen LogP contribution in [0.1, 0.15) is 11.6 Å².